The molecule has 0 saturated carbocycles. The van der Waals surface area contributed by atoms with Gasteiger partial charge in [0.15, 0.2) is 11.5 Å². The molecule has 136 valence electrons. The molecule has 1 N–H and O–H groups in total. The number of anilines is 2. The van der Waals surface area contributed by atoms with Gasteiger partial charge in [-0.05, 0) is 24.3 Å². The lowest BCUT2D eigenvalue weighted by Gasteiger charge is -2.08. The summed E-state index contributed by atoms with van der Waals surface area (Å²) in [7, 11) is 1.56. The molecule has 0 radical (unpaired) electrons. The summed E-state index contributed by atoms with van der Waals surface area (Å²) < 4.78 is 17.3. The average Bonchev–Trinajstić information content (AvgIpc) is 3.27. The number of methoxy groups -OCH3 is 1. The lowest BCUT2D eigenvalue weighted by Crippen LogP contribution is -2.15. The Morgan fingerprint density at radius 1 is 1.26 bits per heavy atom. The molecule has 0 atom stereocenters. The van der Waals surface area contributed by atoms with Crippen molar-refractivity contribution in [2.24, 2.45) is 0 Å². The maximum Gasteiger partial charge on any atom is 0.283 e. The van der Waals surface area contributed by atoms with Crippen LogP contribution < -0.4 is 25.1 Å². The number of ether oxygens (including phenoxy) is 3. The lowest BCUT2D eigenvalue weighted by atomic mass is 10.2. The molecule has 0 aliphatic carbocycles. The third kappa shape index (κ3) is 2.63. The summed E-state index contributed by atoms with van der Waals surface area (Å²) >= 11 is 7.30. The second-order valence-corrected chi connectivity index (χ2v) is 7.10. The summed E-state index contributed by atoms with van der Waals surface area (Å²) in [5.74, 6) is 1.71. The summed E-state index contributed by atoms with van der Waals surface area (Å²) in [6, 6.07) is 8.53. The van der Waals surface area contributed by atoms with Crippen molar-refractivity contribution < 1.29 is 14.2 Å². The molecule has 5 rings (SSSR count). The van der Waals surface area contributed by atoms with Gasteiger partial charge < -0.3 is 19.5 Å². The molecular formula is C17H11ClN4O4S. The van der Waals surface area contributed by atoms with E-state index >= 15 is 0 Å². The average molecular weight is 403 g/mol. The number of nitrogens with one attached hydrogen (secondary N) is 1. The van der Waals surface area contributed by atoms with E-state index in [0.29, 0.717) is 49.0 Å². The number of benzene rings is 2. The van der Waals surface area contributed by atoms with E-state index in [0.717, 1.165) is 0 Å². The quantitative estimate of drug-likeness (QED) is 0.561. The topological polar surface area (TPSA) is 87.0 Å². The zero-order chi connectivity index (χ0) is 18.5. The molecule has 0 amide bonds. The van der Waals surface area contributed by atoms with Crippen LogP contribution in [0, 0.1) is 0 Å². The van der Waals surface area contributed by atoms with Crippen LogP contribution in [-0.2, 0) is 0 Å². The highest BCUT2D eigenvalue weighted by Gasteiger charge is 2.19. The Morgan fingerprint density at radius 2 is 2.07 bits per heavy atom. The number of fused-ring (bicyclic) bond motifs is 3. The minimum Gasteiger partial charge on any atom is -0.495 e. The van der Waals surface area contributed by atoms with E-state index in [1.165, 1.54) is 15.9 Å². The van der Waals surface area contributed by atoms with Crippen molar-refractivity contribution in [2.45, 2.75) is 0 Å². The highest BCUT2D eigenvalue weighted by molar-refractivity contribution is 7.20. The molecule has 0 fully saturated rings. The van der Waals surface area contributed by atoms with E-state index in [1.807, 2.05) is 0 Å². The van der Waals surface area contributed by atoms with Crippen LogP contribution in [0.2, 0.25) is 5.02 Å². The second kappa shape index (κ2) is 6.00. The Hall–Kier alpha value is -3.04. The minimum absolute atomic E-state index is 0.134. The highest BCUT2D eigenvalue weighted by atomic mass is 35.5. The fraction of sp³-hybridized carbons (Fsp3) is 0.118. The first kappa shape index (κ1) is 16.2. The first-order chi connectivity index (χ1) is 13.1. The van der Waals surface area contributed by atoms with Crippen LogP contribution in [0.15, 0.2) is 35.1 Å². The number of hydrogen-bond acceptors (Lipinski definition) is 8. The Kier molecular flexibility index (Phi) is 3.59. The fourth-order valence-electron chi connectivity index (χ4n) is 2.84. The molecule has 0 bridgehead atoms. The van der Waals surface area contributed by atoms with Crippen molar-refractivity contribution >= 4 is 49.6 Å². The number of aromatic nitrogens is 3. The molecule has 1 aliphatic rings. The van der Waals surface area contributed by atoms with Gasteiger partial charge >= 0.3 is 0 Å². The molecular weight excluding hydrogens is 392 g/mol. The van der Waals surface area contributed by atoms with Crippen LogP contribution in [0.1, 0.15) is 0 Å². The van der Waals surface area contributed by atoms with E-state index in [9.17, 15) is 4.79 Å². The van der Waals surface area contributed by atoms with E-state index < -0.39 is 0 Å². The summed E-state index contributed by atoms with van der Waals surface area (Å²) in [5.41, 5.74) is 0.887. The fourth-order valence-corrected chi connectivity index (χ4v) is 3.82. The molecule has 2 aromatic heterocycles. The largest absolute Gasteiger partial charge is 0.495 e. The van der Waals surface area contributed by atoms with E-state index in [-0.39, 0.29) is 12.4 Å². The van der Waals surface area contributed by atoms with Gasteiger partial charge in [-0.25, -0.2) is 4.98 Å². The maximum atomic E-state index is 12.8. The SMILES string of the molecule is COc1ccc(Cl)cc1Nc1nn2c(=O)c3cc4c(cc3nc2s1)OCO4. The molecule has 27 heavy (non-hydrogen) atoms. The van der Waals surface area contributed by atoms with Crippen LogP contribution in [-0.4, -0.2) is 28.5 Å². The van der Waals surface area contributed by atoms with E-state index in [4.69, 9.17) is 25.8 Å². The van der Waals surface area contributed by atoms with Crippen molar-refractivity contribution in [3.63, 3.8) is 0 Å². The Morgan fingerprint density at radius 3 is 2.89 bits per heavy atom. The van der Waals surface area contributed by atoms with Gasteiger partial charge in [0.1, 0.15) is 5.75 Å². The normalized spacial score (nSPS) is 12.7. The first-order valence-electron chi connectivity index (χ1n) is 7.86. The van der Waals surface area contributed by atoms with Crippen molar-refractivity contribution in [1.29, 1.82) is 0 Å². The smallest absolute Gasteiger partial charge is 0.283 e. The van der Waals surface area contributed by atoms with Gasteiger partial charge in [-0.1, -0.05) is 22.9 Å². The predicted octanol–water partition coefficient (Wildman–Crippen LogP) is 3.44. The molecule has 4 aromatic rings. The number of rotatable bonds is 3. The van der Waals surface area contributed by atoms with Gasteiger partial charge in [-0.2, -0.15) is 4.52 Å². The standard InChI is InChI=1S/C17H11ClN4O4S/c1-24-12-3-2-8(18)4-11(12)19-16-21-22-15(23)9-5-13-14(26-7-25-13)6-10(9)20-17(22)27-16/h2-6H,7H2,1H3,(H,19,21). The third-order valence-corrected chi connectivity index (χ3v) is 5.15. The molecule has 10 heteroatoms. The van der Waals surface area contributed by atoms with Crippen molar-refractivity contribution in [2.75, 3.05) is 19.2 Å². The van der Waals surface area contributed by atoms with Gasteiger partial charge in [0.05, 0.1) is 23.7 Å². The third-order valence-electron chi connectivity index (χ3n) is 4.09. The molecule has 2 aromatic carbocycles. The van der Waals surface area contributed by atoms with Gasteiger partial charge in [0.25, 0.3) is 5.56 Å². The zero-order valence-corrected chi connectivity index (χ0v) is 15.4. The van der Waals surface area contributed by atoms with Crippen LogP contribution >= 0.6 is 22.9 Å². The summed E-state index contributed by atoms with van der Waals surface area (Å²) in [6.07, 6.45) is 0. The van der Waals surface area contributed by atoms with Gasteiger partial charge in [-0.15, -0.1) is 5.10 Å². The van der Waals surface area contributed by atoms with Gasteiger partial charge in [-0.3, -0.25) is 4.79 Å². The van der Waals surface area contributed by atoms with Crippen LogP contribution in [0.3, 0.4) is 0 Å². The molecule has 3 heterocycles. The number of hydrogen-bond donors (Lipinski definition) is 1. The molecule has 0 spiro atoms. The highest BCUT2D eigenvalue weighted by Crippen LogP contribution is 2.35. The van der Waals surface area contributed by atoms with Gasteiger partial charge in [0.2, 0.25) is 16.9 Å². The van der Waals surface area contributed by atoms with Crippen LogP contribution in [0.5, 0.6) is 17.2 Å². The zero-order valence-electron chi connectivity index (χ0n) is 13.9. The predicted molar refractivity (Wildman–Crippen MR) is 102 cm³/mol. The first-order valence-corrected chi connectivity index (χ1v) is 9.05. The molecule has 1 aliphatic heterocycles. The monoisotopic (exact) mass is 402 g/mol. The summed E-state index contributed by atoms with van der Waals surface area (Å²) in [4.78, 5) is 17.8. The molecule has 0 unspecified atom stereocenters. The van der Waals surface area contributed by atoms with Crippen LogP contribution in [0.25, 0.3) is 15.9 Å². The van der Waals surface area contributed by atoms with Crippen molar-refractivity contribution in [3.05, 3.63) is 45.7 Å². The van der Waals surface area contributed by atoms with Gasteiger partial charge in [0, 0.05) is 11.1 Å². The van der Waals surface area contributed by atoms with E-state index in [1.54, 1.807) is 37.4 Å². The second-order valence-electron chi connectivity index (χ2n) is 5.71. The Labute approximate surface area is 160 Å². The number of halogens is 1. The maximum absolute atomic E-state index is 12.8. The van der Waals surface area contributed by atoms with E-state index in [2.05, 4.69) is 15.4 Å². The lowest BCUT2D eigenvalue weighted by molar-refractivity contribution is 0.174. The molecule has 8 nitrogen and oxygen atoms in total. The number of nitrogens with zero attached hydrogens (tertiary/aromatic N) is 3. The summed E-state index contributed by atoms with van der Waals surface area (Å²) in [5, 5.41) is 8.91. The minimum atomic E-state index is -0.282. The summed E-state index contributed by atoms with van der Waals surface area (Å²) in [6.45, 7) is 0.134. The van der Waals surface area contributed by atoms with Crippen molar-refractivity contribution in [3.8, 4) is 17.2 Å². The van der Waals surface area contributed by atoms with Crippen molar-refractivity contribution in [1.82, 2.24) is 14.6 Å². The van der Waals surface area contributed by atoms with Crippen LogP contribution in [0.4, 0.5) is 10.8 Å². The molecule has 0 saturated heterocycles. The Bertz CT molecular complexity index is 1270. The Balaban J connectivity index is 1.64.